The van der Waals surface area contributed by atoms with Crippen LogP contribution in [0.1, 0.15) is 47.1 Å². The minimum atomic E-state index is -1.56. The molecule has 0 saturated heterocycles. The molecule has 0 aliphatic carbocycles. The van der Waals surface area contributed by atoms with Gasteiger partial charge in [0.15, 0.2) is 0 Å². The van der Waals surface area contributed by atoms with E-state index in [1.54, 1.807) is 33.8 Å². The van der Waals surface area contributed by atoms with Crippen LogP contribution in [0.4, 0.5) is 4.39 Å². The van der Waals surface area contributed by atoms with E-state index in [1.165, 1.54) is 32.0 Å². The minimum Gasteiger partial charge on any atom is -0.481 e. The number of carboxylic acid groups (broad SMARTS) is 1. The van der Waals surface area contributed by atoms with Crippen molar-refractivity contribution in [1.82, 2.24) is 4.72 Å². The van der Waals surface area contributed by atoms with Crippen molar-refractivity contribution in [3.05, 3.63) is 35.6 Å². The molecule has 0 saturated carbocycles. The fourth-order valence-corrected chi connectivity index (χ4v) is 2.98. The summed E-state index contributed by atoms with van der Waals surface area (Å²) in [5.74, 6) is -1.63. The van der Waals surface area contributed by atoms with E-state index in [0.29, 0.717) is 0 Å². The summed E-state index contributed by atoms with van der Waals surface area (Å²) >= 11 is 0. The highest BCUT2D eigenvalue weighted by molar-refractivity contribution is 7.84. The molecule has 0 aliphatic rings. The van der Waals surface area contributed by atoms with Gasteiger partial charge in [-0.1, -0.05) is 18.2 Å². The molecule has 0 aliphatic heterocycles. The van der Waals surface area contributed by atoms with E-state index in [1.807, 2.05) is 0 Å². The molecule has 124 valence electrons. The Balaban J connectivity index is 3.50. The average Bonchev–Trinajstić information content (AvgIpc) is 2.37. The third kappa shape index (κ3) is 3.38. The highest BCUT2D eigenvalue weighted by atomic mass is 32.2. The molecule has 4 nitrogen and oxygen atoms in total. The molecule has 1 unspecified atom stereocenters. The maximum Gasteiger partial charge on any atom is 0.311 e. The summed E-state index contributed by atoms with van der Waals surface area (Å²) in [6.07, 6.45) is 0. The van der Waals surface area contributed by atoms with Gasteiger partial charge in [-0.3, -0.25) is 4.79 Å². The molecule has 0 aromatic heterocycles. The lowest BCUT2D eigenvalue weighted by Crippen LogP contribution is -2.57. The number of hydrogen-bond acceptors (Lipinski definition) is 2. The molecule has 0 heterocycles. The molecule has 0 spiro atoms. The fraction of sp³-hybridized carbons (Fsp3) is 0.562. The Morgan fingerprint density at radius 1 is 1.14 bits per heavy atom. The summed E-state index contributed by atoms with van der Waals surface area (Å²) in [5.41, 5.74) is -2.54. The molecule has 6 heteroatoms. The summed E-state index contributed by atoms with van der Waals surface area (Å²) in [6.45, 7) is 9.87. The van der Waals surface area contributed by atoms with Crippen molar-refractivity contribution < 1.29 is 18.5 Å². The Hall–Kier alpha value is -1.27. The van der Waals surface area contributed by atoms with Crippen LogP contribution in [0, 0.1) is 11.2 Å². The predicted octanol–water partition coefficient (Wildman–Crippen LogP) is 3.20. The smallest absolute Gasteiger partial charge is 0.311 e. The second-order valence-electron chi connectivity index (χ2n) is 7.02. The molecular weight excluding hydrogens is 305 g/mol. The monoisotopic (exact) mass is 329 g/mol. The van der Waals surface area contributed by atoms with Crippen molar-refractivity contribution in [3.8, 4) is 0 Å². The molecule has 2 atom stereocenters. The zero-order valence-corrected chi connectivity index (χ0v) is 14.7. The number of nitrogens with one attached hydrogen (secondary N) is 1. The van der Waals surface area contributed by atoms with E-state index in [0.717, 1.165) is 0 Å². The number of aliphatic carboxylic acids is 1. The molecule has 2 N–H and O–H groups in total. The van der Waals surface area contributed by atoms with Crippen LogP contribution >= 0.6 is 0 Å². The van der Waals surface area contributed by atoms with Gasteiger partial charge in [0.25, 0.3) is 0 Å². The number of benzene rings is 1. The lowest BCUT2D eigenvalue weighted by atomic mass is 9.70. The molecule has 0 amide bonds. The standard InChI is InChI=1S/C16H24FNO3S/c1-14(2,3)22(21)18-16(6,15(4,5)13(19)20)11-9-7-8-10-12(11)17/h7-10,18H,1-6H3,(H,19,20)/t16?,22-/m0/s1. The molecule has 0 fully saturated rings. The Morgan fingerprint density at radius 3 is 2.05 bits per heavy atom. The van der Waals surface area contributed by atoms with Gasteiger partial charge in [0, 0.05) is 5.56 Å². The Labute approximate surface area is 133 Å². The second-order valence-corrected chi connectivity index (χ2v) is 8.98. The quantitative estimate of drug-likeness (QED) is 0.872. The van der Waals surface area contributed by atoms with Crippen molar-refractivity contribution in [2.75, 3.05) is 0 Å². The molecule has 1 rings (SSSR count). The number of carbonyl (C=O) groups is 1. The molecular formula is C16H24FNO3S. The van der Waals surface area contributed by atoms with Crippen LogP contribution in [0.2, 0.25) is 0 Å². The average molecular weight is 329 g/mol. The van der Waals surface area contributed by atoms with E-state index in [4.69, 9.17) is 0 Å². The van der Waals surface area contributed by atoms with Crippen molar-refractivity contribution >= 4 is 17.0 Å². The number of halogens is 1. The Bertz CT molecular complexity index is 595. The molecule has 0 bridgehead atoms. The third-order valence-electron chi connectivity index (χ3n) is 4.05. The highest BCUT2D eigenvalue weighted by Crippen LogP contribution is 2.41. The highest BCUT2D eigenvalue weighted by Gasteiger charge is 2.51. The van der Waals surface area contributed by atoms with Gasteiger partial charge < -0.3 is 5.11 Å². The van der Waals surface area contributed by atoms with E-state index in [9.17, 15) is 18.5 Å². The second kappa shape index (κ2) is 6.08. The van der Waals surface area contributed by atoms with E-state index in [2.05, 4.69) is 4.72 Å². The van der Waals surface area contributed by atoms with Gasteiger partial charge in [0.2, 0.25) is 0 Å². The first-order chi connectivity index (χ1) is 9.84. The van der Waals surface area contributed by atoms with Gasteiger partial charge in [0.1, 0.15) is 5.82 Å². The zero-order valence-electron chi connectivity index (χ0n) is 13.9. The zero-order chi connectivity index (χ0) is 17.3. The van der Waals surface area contributed by atoms with Gasteiger partial charge >= 0.3 is 5.97 Å². The van der Waals surface area contributed by atoms with Crippen LogP contribution in [-0.2, 0) is 21.3 Å². The van der Waals surface area contributed by atoms with Crippen molar-refractivity contribution in [1.29, 1.82) is 0 Å². The van der Waals surface area contributed by atoms with Gasteiger partial charge in [-0.25, -0.2) is 13.3 Å². The van der Waals surface area contributed by atoms with Crippen molar-refractivity contribution in [2.24, 2.45) is 5.41 Å². The molecule has 1 aromatic rings. The number of carboxylic acids is 1. The SMILES string of the molecule is CC(C)(C)[S@](=O)NC(C)(c1ccccc1F)C(C)(C)C(=O)O. The van der Waals surface area contributed by atoms with Crippen molar-refractivity contribution in [3.63, 3.8) is 0 Å². The summed E-state index contributed by atoms with van der Waals surface area (Å²) in [5, 5.41) is 9.58. The van der Waals surface area contributed by atoms with Crippen LogP contribution in [-0.4, -0.2) is 20.0 Å². The van der Waals surface area contributed by atoms with Gasteiger partial charge in [-0.2, -0.15) is 0 Å². The first-order valence-electron chi connectivity index (χ1n) is 7.02. The third-order valence-corrected chi connectivity index (χ3v) is 5.76. The summed E-state index contributed by atoms with van der Waals surface area (Å²) < 4.78 is 29.1. The fourth-order valence-electron chi connectivity index (χ4n) is 1.94. The van der Waals surface area contributed by atoms with Gasteiger partial charge in [-0.15, -0.1) is 0 Å². The molecule has 22 heavy (non-hydrogen) atoms. The maximum atomic E-state index is 14.3. The summed E-state index contributed by atoms with van der Waals surface area (Å²) in [4.78, 5) is 11.7. The van der Waals surface area contributed by atoms with Gasteiger partial charge in [0.05, 0.1) is 26.7 Å². The van der Waals surface area contributed by atoms with Crippen LogP contribution in [0.15, 0.2) is 24.3 Å². The van der Waals surface area contributed by atoms with Crippen LogP contribution in [0.5, 0.6) is 0 Å². The Morgan fingerprint density at radius 2 is 1.64 bits per heavy atom. The van der Waals surface area contributed by atoms with Crippen LogP contribution in [0.25, 0.3) is 0 Å². The first-order valence-corrected chi connectivity index (χ1v) is 8.17. The topological polar surface area (TPSA) is 66.4 Å². The summed E-state index contributed by atoms with van der Waals surface area (Å²) in [7, 11) is -1.56. The predicted molar refractivity (Wildman–Crippen MR) is 86.2 cm³/mol. The summed E-state index contributed by atoms with van der Waals surface area (Å²) in [6, 6.07) is 5.96. The van der Waals surface area contributed by atoms with E-state index in [-0.39, 0.29) is 5.56 Å². The largest absolute Gasteiger partial charge is 0.481 e. The maximum absolute atomic E-state index is 14.3. The first kappa shape index (κ1) is 18.8. The lowest BCUT2D eigenvalue weighted by Gasteiger charge is -2.43. The molecule has 1 aromatic carbocycles. The van der Waals surface area contributed by atoms with Crippen LogP contribution < -0.4 is 4.72 Å². The number of rotatable bonds is 5. The Kier molecular flexibility index (Phi) is 5.19. The van der Waals surface area contributed by atoms with E-state index < -0.39 is 38.5 Å². The molecule has 0 radical (unpaired) electrons. The lowest BCUT2D eigenvalue weighted by molar-refractivity contribution is -0.151. The van der Waals surface area contributed by atoms with Gasteiger partial charge in [-0.05, 0) is 47.6 Å². The van der Waals surface area contributed by atoms with Crippen LogP contribution in [0.3, 0.4) is 0 Å². The van der Waals surface area contributed by atoms with E-state index >= 15 is 0 Å². The number of hydrogen-bond donors (Lipinski definition) is 2. The van der Waals surface area contributed by atoms with Crippen molar-refractivity contribution in [2.45, 2.75) is 51.8 Å². The normalized spacial score (nSPS) is 16.9. The minimum absolute atomic E-state index is 0.181.